The van der Waals surface area contributed by atoms with Gasteiger partial charge >= 0.3 is 0 Å². The first kappa shape index (κ1) is 19.8. The van der Waals surface area contributed by atoms with Crippen molar-refractivity contribution in [2.75, 3.05) is 14.1 Å². The third-order valence-corrected chi connectivity index (χ3v) is 4.05. The molecule has 0 aromatic heterocycles. The fraction of sp³-hybridized carbons (Fsp3) is 0.263. The first-order chi connectivity index (χ1) is 12.4. The van der Waals surface area contributed by atoms with Gasteiger partial charge in [0.25, 0.3) is 0 Å². The molecule has 0 aliphatic heterocycles. The van der Waals surface area contributed by atoms with Gasteiger partial charge in [0, 0.05) is 20.5 Å². The summed E-state index contributed by atoms with van der Waals surface area (Å²) >= 11 is 5.71. The number of nitrogens with two attached hydrogens (primary N) is 1. The summed E-state index contributed by atoms with van der Waals surface area (Å²) in [5.41, 5.74) is 6.91. The van der Waals surface area contributed by atoms with Crippen LogP contribution in [0.3, 0.4) is 0 Å². The maximum atomic E-state index is 12.1. The Morgan fingerprint density at radius 1 is 1.08 bits per heavy atom. The number of hydrogen-bond donors (Lipinski definition) is 2. The second-order valence-corrected chi connectivity index (χ2v) is 6.27. The van der Waals surface area contributed by atoms with Gasteiger partial charge in [-0.2, -0.15) is 0 Å². The van der Waals surface area contributed by atoms with Crippen LogP contribution in [0.5, 0.6) is 11.5 Å². The number of likely N-dealkylation sites (N-methyl/N-ethyl adjacent to an activating group) is 1. The highest BCUT2D eigenvalue weighted by Crippen LogP contribution is 2.25. The predicted molar refractivity (Wildman–Crippen MR) is 101 cm³/mol. The monoisotopic (exact) mass is 375 g/mol. The minimum atomic E-state index is -0.620. The summed E-state index contributed by atoms with van der Waals surface area (Å²) in [7, 11) is 3.35. The molecule has 0 fully saturated rings. The Kier molecular flexibility index (Phi) is 7.00. The molecule has 2 aromatic rings. The molecule has 6 nitrogen and oxygen atoms in total. The molecule has 0 radical (unpaired) electrons. The van der Waals surface area contributed by atoms with Gasteiger partial charge < -0.3 is 15.4 Å². The highest BCUT2D eigenvalue weighted by Gasteiger charge is 2.21. The molecule has 26 heavy (non-hydrogen) atoms. The van der Waals surface area contributed by atoms with Crippen LogP contribution in [0.15, 0.2) is 48.5 Å². The van der Waals surface area contributed by atoms with Crippen LogP contribution in [0.25, 0.3) is 0 Å². The third kappa shape index (κ3) is 5.47. The van der Waals surface area contributed by atoms with Gasteiger partial charge in [-0.3, -0.25) is 9.59 Å². The van der Waals surface area contributed by atoms with E-state index in [0.29, 0.717) is 24.3 Å². The summed E-state index contributed by atoms with van der Waals surface area (Å²) < 4.78 is 5.79. The lowest BCUT2D eigenvalue weighted by Gasteiger charge is -2.19. The summed E-state index contributed by atoms with van der Waals surface area (Å²) in [5, 5.41) is 0. The van der Waals surface area contributed by atoms with Gasteiger partial charge in [0.15, 0.2) is 0 Å². The smallest absolute Gasteiger partial charge is 0.244 e. The molecule has 1 atom stereocenters. The molecule has 0 saturated heterocycles. The number of aryl methyl sites for hydroxylation is 1. The molecular formula is C19H22ClN3O3. The SMILES string of the molecule is CN(C)C(=O)C(NCl)c1ccc(Oc2ccc(CCC(N)=O)cc2)cc1. The minimum Gasteiger partial charge on any atom is -0.457 e. The van der Waals surface area contributed by atoms with Crippen LogP contribution in [0.1, 0.15) is 23.6 Å². The number of primary amides is 1. The molecular weight excluding hydrogens is 354 g/mol. The van der Waals surface area contributed by atoms with Gasteiger partial charge in [-0.25, -0.2) is 4.84 Å². The Hall–Kier alpha value is -2.57. The van der Waals surface area contributed by atoms with Gasteiger partial charge in [0.2, 0.25) is 11.8 Å². The summed E-state index contributed by atoms with van der Waals surface area (Å²) in [6.45, 7) is 0. The molecule has 2 aromatic carbocycles. The molecule has 0 aliphatic carbocycles. The molecule has 2 rings (SSSR count). The third-order valence-electron chi connectivity index (χ3n) is 3.83. The van der Waals surface area contributed by atoms with Gasteiger partial charge in [0.1, 0.15) is 17.5 Å². The largest absolute Gasteiger partial charge is 0.457 e. The van der Waals surface area contributed by atoms with Gasteiger partial charge in [-0.15, -0.1) is 0 Å². The van der Waals surface area contributed by atoms with Crippen LogP contribution in [0, 0.1) is 0 Å². The molecule has 0 spiro atoms. The molecule has 138 valence electrons. The number of carbonyl (C=O) groups excluding carboxylic acids is 2. The average Bonchev–Trinajstić information content (AvgIpc) is 2.63. The first-order valence-electron chi connectivity index (χ1n) is 8.13. The Morgan fingerprint density at radius 3 is 2.08 bits per heavy atom. The van der Waals surface area contributed by atoms with Crippen LogP contribution < -0.4 is 15.3 Å². The number of nitrogens with one attached hydrogen (secondary N) is 1. The van der Waals surface area contributed by atoms with E-state index < -0.39 is 6.04 Å². The van der Waals surface area contributed by atoms with Crippen LogP contribution in [0.2, 0.25) is 0 Å². The fourth-order valence-corrected chi connectivity index (χ4v) is 2.59. The van der Waals surface area contributed by atoms with Gasteiger partial charge in [-0.05, 0) is 53.6 Å². The maximum Gasteiger partial charge on any atom is 0.244 e. The van der Waals surface area contributed by atoms with E-state index in [1.165, 1.54) is 4.90 Å². The van der Waals surface area contributed by atoms with Crippen molar-refractivity contribution >= 4 is 23.6 Å². The van der Waals surface area contributed by atoms with E-state index >= 15 is 0 Å². The van der Waals surface area contributed by atoms with E-state index in [-0.39, 0.29) is 11.8 Å². The molecule has 0 saturated carbocycles. The van der Waals surface area contributed by atoms with Crippen LogP contribution in [-0.4, -0.2) is 30.8 Å². The van der Waals surface area contributed by atoms with Crippen molar-refractivity contribution in [3.8, 4) is 11.5 Å². The van der Waals surface area contributed by atoms with E-state index in [4.69, 9.17) is 22.2 Å². The van der Waals surface area contributed by atoms with Crippen molar-refractivity contribution < 1.29 is 14.3 Å². The second-order valence-electron chi connectivity index (χ2n) is 6.06. The van der Waals surface area contributed by atoms with Gasteiger partial charge in [0.05, 0.1) is 0 Å². The predicted octanol–water partition coefficient (Wildman–Crippen LogP) is 2.77. The molecule has 1 unspecified atom stereocenters. The topological polar surface area (TPSA) is 84.7 Å². The van der Waals surface area contributed by atoms with E-state index in [1.54, 1.807) is 38.4 Å². The van der Waals surface area contributed by atoms with Crippen LogP contribution >= 0.6 is 11.8 Å². The molecule has 0 bridgehead atoms. The standard InChI is InChI=1S/C19H22ClN3O3/c1-23(2)19(25)18(22-20)14-6-10-16(11-7-14)26-15-8-3-13(4-9-15)5-12-17(21)24/h3-4,6-11,18,22H,5,12H2,1-2H3,(H2,21,24). The van der Waals surface area contributed by atoms with E-state index in [1.807, 2.05) is 24.3 Å². The van der Waals surface area contributed by atoms with Crippen molar-refractivity contribution in [2.24, 2.45) is 5.73 Å². The number of ether oxygens (including phenoxy) is 1. The maximum absolute atomic E-state index is 12.1. The van der Waals surface area contributed by atoms with Crippen molar-refractivity contribution in [1.82, 2.24) is 9.74 Å². The lowest BCUT2D eigenvalue weighted by atomic mass is 10.1. The minimum absolute atomic E-state index is 0.139. The van der Waals surface area contributed by atoms with E-state index in [9.17, 15) is 9.59 Å². The molecule has 2 amide bonds. The zero-order chi connectivity index (χ0) is 19.1. The zero-order valence-electron chi connectivity index (χ0n) is 14.7. The van der Waals surface area contributed by atoms with E-state index in [0.717, 1.165) is 11.1 Å². The molecule has 0 heterocycles. The lowest BCUT2D eigenvalue weighted by molar-refractivity contribution is -0.130. The highest BCUT2D eigenvalue weighted by molar-refractivity contribution is 6.15. The zero-order valence-corrected chi connectivity index (χ0v) is 15.5. The summed E-state index contributed by atoms with van der Waals surface area (Å²) in [6, 6.07) is 14.0. The van der Waals surface area contributed by atoms with Crippen molar-refractivity contribution in [3.63, 3.8) is 0 Å². The van der Waals surface area contributed by atoms with Crippen LogP contribution in [0.4, 0.5) is 0 Å². The molecule has 0 aliphatic rings. The number of hydrogen-bond acceptors (Lipinski definition) is 4. The fourth-order valence-electron chi connectivity index (χ4n) is 2.37. The lowest BCUT2D eigenvalue weighted by Crippen LogP contribution is -2.33. The first-order valence-corrected chi connectivity index (χ1v) is 8.51. The second kappa shape index (κ2) is 9.22. The Labute approximate surface area is 158 Å². The Balaban J connectivity index is 2.02. The summed E-state index contributed by atoms with van der Waals surface area (Å²) in [6.07, 6.45) is 0.931. The summed E-state index contributed by atoms with van der Waals surface area (Å²) in [4.78, 5) is 26.9. The van der Waals surface area contributed by atoms with Crippen LogP contribution in [-0.2, 0) is 16.0 Å². The number of halogens is 1. The Morgan fingerprint density at radius 2 is 1.62 bits per heavy atom. The number of nitrogens with zero attached hydrogens (tertiary/aromatic N) is 1. The summed E-state index contributed by atoms with van der Waals surface area (Å²) in [5.74, 6) is 0.865. The number of benzene rings is 2. The van der Waals surface area contributed by atoms with E-state index in [2.05, 4.69) is 4.84 Å². The highest BCUT2D eigenvalue weighted by atomic mass is 35.5. The normalized spacial score (nSPS) is 11.7. The average molecular weight is 376 g/mol. The number of carbonyl (C=O) groups is 2. The number of amides is 2. The molecule has 3 N–H and O–H groups in total. The number of rotatable bonds is 8. The quantitative estimate of drug-likeness (QED) is 0.695. The Bertz CT molecular complexity index is 746. The van der Waals surface area contributed by atoms with Crippen molar-refractivity contribution in [2.45, 2.75) is 18.9 Å². The van der Waals surface area contributed by atoms with Crippen molar-refractivity contribution in [1.29, 1.82) is 0 Å². The van der Waals surface area contributed by atoms with Crippen molar-refractivity contribution in [3.05, 3.63) is 59.7 Å². The molecule has 7 heteroatoms. The van der Waals surface area contributed by atoms with Gasteiger partial charge in [-0.1, -0.05) is 24.3 Å².